The molecule has 3 aromatic carbocycles. The van der Waals surface area contributed by atoms with E-state index in [1.165, 1.54) is 12.1 Å². The summed E-state index contributed by atoms with van der Waals surface area (Å²) in [4.78, 5) is 22.9. The van der Waals surface area contributed by atoms with E-state index < -0.39 is 11.6 Å². The molecule has 0 amide bonds. The van der Waals surface area contributed by atoms with Gasteiger partial charge < -0.3 is 9.30 Å². The van der Waals surface area contributed by atoms with Crippen molar-refractivity contribution in [1.82, 2.24) is 24.1 Å². The smallest absolute Gasteiger partial charge is 0.214 e. The van der Waals surface area contributed by atoms with Gasteiger partial charge in [0.25, 0.3) is 0 Å². The molecule has 0 saturated heterocycles. The summed E-state index contributed by atoms with van der Waals surface area (Å²) in [6.07, 6.45) is 3.38. The number of ether oxygens (including phenoxy) is 1. The molecule has 0 unspecified atom stereocenters. The number of pyridine rings is 1. The summed E-state index contributed by atoms with van der Waals surface area (Å²) in [5.41, 5.74) is 5.25. The molecule has 0 aliphatic heterocycles. The van der Waals surface area contributed by atoms with Gasteiger partial charge in [-0.25, -0.2) is 13.9 Å². The topological polar surface area (TPSA) is 77.2 Å². The van der Waals surface area contributed by atoms with E-state index in [1.807, 2.05) is 54.1 Å². The molecule has 0 bridgehead atoms. The minimum atomic E-state index is -1.07. The van der Waals surface area contributed by atoms with E-state index in [1.54, 1.807) is 35.1 Å². The molecule has 0 aliphatic rings. The van der Waals surface area contributed by atoms with Crippen molar-refractivity contribution in [2.45, 2.75) is 0 Å². The second kappa shape index (κ2) is 8.63. The lowest BCUT2D eigenvalue weighted by Crippen LogP contribution is -2.06. The number of hydrogen-bond acceptors (Lipinski definition) is 4. The molecule has 7 aromatic rings. The van der Waals surface area contributed by atoms with Crippen LogP contribution in [0.1, 0.15) is 16.1 Å². The van der Waals surface area contributed by atoms with Crippen molar-refractivity contribution in [1.29, 1.82) is 0 Å². The number of carbonyl (C=O) groups excluding carboxylic acids is 1. The van der Waals surface area contributed by atoms with Crippen LogP contribution in [-0.2, 0) is 7.05 Å². The summed E-state index contributed by atoms with van der Waals surface area (Å²) in [7, 11) is 1.86. The summed E-state index contributed by atoms with van der Waals surface area (Å²) in [6.45, 7) is 0. The lowest BCUT2D eigenvalue weighted by Gasteiger charge is -2.06. The van der Waals surface area contributed by atoms with Crippen LogP contribution in [0.3, 0.4) is 0 Å². The van der Waals surface area contributed by atoms with Crippen molar-refractivity contribution in [3.8, 4) is 22.8 Å². The average Bonchev–Trinajstić information content (AvgIpc) is 3.63. The van der Waals surface area contributed by atoms with Crippen LogP contribution in [0.2, 0.25) is 0 Å². The second-order valence-electron chi connectivity index (χ2n) is 9.13. The molecule has 4 aromatic heterocycles. The Morgan fingerprint density at radius 2 is 1.82 bits per heavy atom. The van der Waals surface area contributed by atoms with Gasteiger partial charge in [0.15, 0.2) is 17.2 Å². The third kappa shape index (κ3) is 3.58. The largest absolute Gasteiger partial charge is 0.454 e. The summed E-state index contributed by atoms with van der Waals surface area (Å²) in [5.74, 6) is -2.19. The van der Waals surface area contributed by atoms with Crippen LogP contribution in [0.25, 0.3) is 38.8 Å². The van der Waals surface area contributed by atoms with E-state index in [0.29, 0.717) is 27.9 Å². The summed E-state index contributed by atoms with van der Waals surface area (Å²) in [6, 6.07) is 22.3. The van der Waals surface area contributed by atoms with Crippen LogP contribution < -0.4 is 4.74 Å². The van der Waals surface area contributed by atoms with Crippen LogP contribution in [0.5, 0.6) is 11.5 Å². The quantitative estimate of drug-likeness (QED) is 0.258. The van der Waals surface area contributed by atoms with Crippen LogP contribution in [-0.4, -0.2) is 29.9 Å². The molecular formula is C30H19F2N5O2. The van der Waals surface area contributed by atoms with E-state index >= 15 is 0 Å². The van der Waals surface area contributed by atoms with Gasteiger partial charge in [-0.3, -0.25) is 14.9 Å². The molecule has 0 fully saturated rings. The van der Waals surface area contributed by atoms with Gasteiger partial charge in [0.2, 0.25) is 11.6 Å². The van der Waals surface area contributed by atoms with Gasteiger partial charge in [-0.1, -0.05) is 24.3 Å². The number of H-pyrrole nitrogens is 1. The molecule has 190 valence electrons. The fraction of sp³-hybridized carbons (Fsp3) is 0.0333. The molecular weight excluding hydrogens is 500 g/mol. The van der Waals surface area contributed by atoms with Crippen LogP contribution in [0.4, 0.5) is 8.78 Å². The van der Waals surface area contributed by atoms with Gasteiger partial charge in [0.1, 0.15) is 5.75 Å². The third-order valence-electron chi connectivity index (χ3n) is 6.85. The van der Waals surface area contributed by atoms with Gasteiger partial charge in [0, 0.05) is 42.0 Å². The molecule has 1 N–H and O–H groups in total. The maximum Gasteiger partial charge on any atom is 0.214 e. The number of hydrogen-bond donors (Lipinski definition) is 1. The van der Waals surface area contributed by atoms with Crippen molar-refractivity contribution >= 4 is 33.4 Å². The van der Waals surface area contributed by atoms with Crippen LogP contribution >= 0.6 is 0 Å². The Kier molecular flexibility index (Phi) is 5.06. The lowest BCUT2D eigenvalue weighted by atomic mass is 10.1. The molecule has 39 heavy (non-hydrogen) atoms. The molecule has 0 atom stereocenters. The highest BCUT2D eigenvalue weighted by atomic mass is 19.2. The van der Waals surface area contributed by atoms with Gasteiger partial charge in [-0.15, -0.1) is 0 Å². The molecule has 9 heteroatoms. The minimum Gasteiger partial charge on any atom is -0.454 e. The van der Waals surface area contributed by atoms with Crippen LogP contribution in [0, 0.1) is 11.6 Å². The number of fused-ring (bicyclic) bond motifs is 4. The molecule has 7 rings (SSSR count). The molecule has 0 aliphatic carbocycles. The number of imidazole rings is 1. The number of carbonyl (C=O) groups is 1. The Labute approximate surface area is 219 Å². The third-order valence-corrected chi connectivity index (χ3v) is 6.85. The van der Waals surface area contributed by atoms with Crippen LogP contribution in [0.15, 0.2) is 91.3 Å². The number of rotatable bonds is 5. The first-order valence-corrected chi connectivity index (χ1v) is 12.2. The molecule has 0 saturated carbocycles. The molecule has 0 spiro atoms. The summed E-state index contributed by atoms with van der Waals surface area (Å²) < 4.78 is 36.8. The monoisotopic (exact) mass is 519 g/mol. The zero-order valence-electron chi connectivity index (χ0n) is 20.5. The van der Waals surface area contributed by atoms with Crippen molar-refractivity contribution in [2.75, 3.05) is 0 Å². The summed E-state index contributed by atoms with van der Waals surface area (Å²) in [5, 5.41) is 4.03. The Morgan fingerprint density at radius 1 is 0.949 bits per heavy atom. The fourth-order valence-electron chi connectivity index (χ4n) is 4.95. The normalized spacial score (nSPS) is 11.6. The van der Waals surface area contributed by atoms with E-state index in [9.17, 15) is 13.6 Å². The predicted octanol–water partition coefficient (Wildman–Crippen LogP) is 6.67. The molecule has 7 nitrogen and oxygen atoms in total. The highest BCUT2D eigenvalue weighted by Crippen LogP contribution is 2.32. The number of ketones is 1. The maximum absolute atomic E-state index is 14.1. The van der Waals surface area contributed by atoms with E-state index in [0.717, 1.165) is 28.2 Å². The number of nitrogens with zero attached hydrogens (tertiary/aromatic N) is 4. The average molecular weight is 520 g/mol. The van der Waals surface area contributed by atoms with Gasteiger partial charge in [-0.2, -0.15) is 4.39 Å². The number of aromatic nitrogens is 5. The van der Waals surface area contributed by atoms with Crippen molar-refractivity contribution in [3.63, 3.8) is 0 Å². The van der Waals surface area contributed by atoms with Crippen molar-refractivity contribution in [2.24, 2.45) is 7.05 Å². The first kappa shape index (κ1) is 22.9. The number of halogens is 2. The Morgan fingerprint density at radius 3 is 2.67 bits per heavy atom. The van der Waals surface area contributed by atoms with Gasteiger partial charge >= 0.3 is 0 Å². The number of aryl methyl sites for hydroxylation is 1. The SMILES string of the molecule is Cn1c(C(=O)c2c[nH]n3c2nc2cc(Oc4cccc(F)c4F)ccc23)cc2c(-c3ccccn3)cccc21. The molecule has 4 heterocycles. The molecule has 0 radical (unpaired) electrons. The van der Waals surface area contributed by atoms with E-state index in [2.05, 4.69) is 15.1 Å². The standard InChI is InChI=1S/C30H19F2N5O2/c1-36-24-9-4-6-18(22-8-2-3-13-33-22)19(24)15-26(36)29(38)20-16-34-37-25-12-11-17(14-23(25)35-30(20)37)39-27-10-5-7-21(31)28(27)32/h2-16,34H,1H3. The number of nitrogens with one attached hydrogen (secondary N) is 1. The highest BCUT2D eigenvalue weighted by Gasteiger charge is 2.23. The Hall–Kier alpha value is -5.31. The number of aromatic amines is 1. The minimum absolute atomic E-state index is 0.194. The second-order valence-corrected chi connectivity index (χ2v) is 9.13. The number of benzene rings is 3. The summed E-state index contributed by atoms with van der Waals surface area (Å²) >= 11 is 0. The lowest BCUT2D eigenvalue weighted by molar-refractivity contribution is 0.103. The van der Waals surface area contributed by atoms with Gasteiger partial charge in [-0.05, 0) is 48.5 Å². The highest BCUT2D eigenvalue weighted by molar-refractivity contribution is 6.15. The first-order valence-electron chi connectivity index (χ1n) is 12.2. The van der Waals surface area contributed by atoms with E-state index in [4.69, 9.17) is 4.74 Å². The Bertz CT molecular complexity index is 2060. The Balaban J connectivity index is 1.29. The van der Waals surface area contributed by atoms with Gasteiger partial charge in [0.05, 0.1) is 28.0 Å². The fourth-order valence-corrected chi connectivity index (χ4v) is 4.95. The van der Waals surface area contributed by atoms with Crippen molar-refractivity contribution < 1.29 is 18.3 Å². The van der Waals surface area contributed by atoms with E-state index in [-0.39, 0.29) is 17.3 Å². The zero-order chi connectivity index (χ0) is 26.7. The maximum atomic E-state index is 14.1. The zero-order valence-corrected chi connectivity index (χ0v) is 20.5. The first-order chi connectivity index (χ1) is 19.0. The predicted molar refractivity (Wildman–Crippen MR) is 143 cm³/mol. The van der Waals surface area contributed by atoms with Crippen molar-refractivity contribution in [3.05, 3.63) is 114 Å².